The lowest BCUT2D eigenvalue weighted by Gasteiger charge is -2.58. The van der Waals surface area contributed by atoms with Gasteiger partial charge in [0.05, 0.1) is 0 Å². The van der Waals surface area contributed by atoms with E-state index in [9.17, 15) is 9.59 Å². The highest BCUT2D eigenvalue weighted by atomic mass is 16.5. The molecule has 8 atom stereocenters. The van der Waals surface area contributed by atoms with Gasteiger partial charge in [-0.3, -0.25) is 9.59 Å². The van der Waals surface area contributed by atoms with E-state index in [-0.39, 0.29) is 35.0 Å². The zero-order valence-corrected chi connectivity index (χ0v) is 18.8. The number of ether oxygens (including phenoxy) is 2. The molecule has 4 heteroatoms. The lowest BCUT2D eigenvalue weighted by Crippen LogP contribution is -2.52. The standard InChI is InChI=1S/C25H38O4/c1-6-17-13-22(29-16(3)27)25(5)12-10-21-20(23(17)25)8-7-18-14-19(28-15(2)26)9-11-24(18,21)4/h7,17,19-23H,6,8-14H2,1-5H3/t17?,19?,20-,21-,22?,23+,24+,25-/m1/s1. The van der Waals surface area contributed by atoms with Crippen molar-refractivity contribution in [3.8, 4) is 0 Å². The molecule has 29 heavy (non-hydrogen) atoms. The maximum absolute atomic E-state index is 11.8. The van der Waals surface area contributed by atoms with E-state index in [1.54, 1.807) is 6.92 Å². The predicted octanol–water partition coefficient (Wildman–Crippen LogP) is 5.45. The summed E-state index contributed by atoms with van der Waals surface area (Å²) in [6.07, 6.45) is 11.3. The van der Waals surface area contributed by atoms with Crippen molar-refractivity contribution >= 4 is 11.9 Å². The summed E-state index contributed by atoms with van der Waals surface area (Å²) in [4.78, 5) is 23.2. The van der Waals surface area contributed by atoms with E-state index < -0.39 is 0 Å². The number of rotatable bonds is 3. The molecule has 0 bridgehead atoms. The first-order valence-electron chi connectivity index (χ1n) is 11.7. The zero-order chi connectivity index (χ0) is 21.0. The Kier molecular flexibility index (Phi) is 5.36. The van der Waals surface area contributed by atoms with Crippen molar-refractivity contribution in [1.82, 2.24) is 0 Å². The van der Waals surface area contributed by atoms with Crippen LogP contribution in [0.1, 0.15) is 86.0 Å². The van der Waals surface area contributed by atoms with Crippen molar-refractivity contribution in [1.29, 1.82) is 0 Å². The van der Waals surface area contributed by atoms with Gasteiger partial charge in [0.25, 0.3) is 0 Å². The Balaban J connectivity index is 1.61. The van der Waals surface area contributed by atoms with Gasteiger partial charge in [-0.2, -0.15) is 0 Å². The molecule has 4 aliphatic rings. The molecule has 0 aromatic rings. The molecular formula is C25H38O4. The SMILES string of the molecule is CCC1CC(OC(C)=O)[C@@]2(C)CC[C@@H]3[C@@H](CC=C4CC(OC(C)=O)CC[C@@]43C)[C@H]12. The molecule has 0 radical (unpaired) electrons. The average Bonchev–Trinajstić information content (AvgIpc) is 2.93. The molecule has 162 valence electrons. The van der Waals surface area contributed by atoms with Gasteiger partial charge in [0, 0.05) is 25.7 Å². The van der Waals surface area contributed by atoms with E-state index in [1.165, 1.54) is 25.3 Å². The molecule has 0 N–H and O–H groups in total. The molecule has 0 spiro atoms. The van der Waals surface area contributed by atoms with Crippen LogP contribution in [0.25, 0.3) is 0 Å². The van der Waals surface area contributed by atoms with Crippen LogP contribution in [-0.4, -0.2) is 24.1 Å². The largest absolute Gasteiger partial charge is 0.462 e. The van der Waals surface area contributed by atoms with Gasteiger partial charge in [0.2, 0.25) is 0 Å². The number of fused-ring (bicyclic) bond motifs is 5. The van der Waals surface area contributed by atoms with Crippen LogP contribution in [-0.2, 0) is 19.1 Å². The summed E-state index contributed by atoms with van der Waals surface area (Å²) in [5, 5.41) is 0. The highest BCUT2D eigenvalue weighted by molar-refractivity contribution is 5.66. The molecule has 3 fully saturated rings. The van der Waals surface area contributed by atoms with Crippen molar-refractivity contribution in [2.75, 3.05) is 0 Å². The van der Waals surface area contributed by atoms with Gasteiger partial charge in [-0.25, -0.2) is 0 Å². The molecule has 4 aliphatic carbocycles. The van der Waals surface area contributed by atoms with E-state index in [1.807, 2.05) is 0 Å². The molecule has 0 aromatic carbocycles. The maximum Gasteiger partial charge on any atom is 0.302 e. The highest BCUT2D eigenvalue weighted by Gasteiger charge is 2.62. The lowest BCUT2D eigenvalue weighted by atomic mass is 9.47. The third kappa shape index (κ3) is 3.35. The Bertz CT molecular complexity index is 712. The summed E-state index contributed by atoms with van der Waals surface area (Å²) in [6, 6.07) is 0. The Hall–Kier alpha value is -1.32. The van der Waals surface area contributed by atoms with Crippen LogP contribution in [0.5, 0.6) is 0 Å². The summed E-state index contributed by atoms with van der Waals surface area (Å²) in [5.41, 5.74) is 1.88. The number of carbonyl (C=O) groups excluding carboxylic acids is 2. The summed E-state index contributed by atoms with van der Waals surface area (Å²) >= 11 is 0. The smallest absolute Gasteiger partial charge is 0.302 e. The van der Waals surface area contributed by atoms with Crippen molar-refractivity contribution in [2.45, 2.75) is 98.2 Å². The Morgan fingerprint density at radius 1 is 1.10 bits per heavy atom. The van der Waals surface area contributed by atoms with Gasteiger partial charge in [-0.15, -0.1) is 0 Å². The van der Waals surface area contributed by atoms with Crippen LogP contribution in [0.4, 0.5) is 0 Å². The molecule has 3 saturated carbocycles. The number of carbonyl (C=O) groups is 2. The number of hydrogen-bond acceptors (Lipinski definition) is 4. The van der Waals surface area contributed by atoms with E-state index in [0.717, 1.165) is 38.5 Å². The fraction of sp³-hybridized carbons (Fsp3) is 0.840. The fourth-order valence-electron chi connectivity index (χ4n) is 8.00. The number of hydrogen-bond donors (Lipinski definition) is 0. The van der Waals surface area contributed by atoms with Gasteiger partial charge in [-0.05, 0) is 67.6 Å². The maximum atomic E-state index is 11.8. The van der Waals surface area contributed by atoms with Crippen LogP contribution in [0.15, 0.2) is 11.6 Å². The summed E-state index contributed by atoms with van der Waals surface area (Å²) in [6.45, 7) is 10.3. The number of allylic oxidation sites excluding steroid dienone is 1. The summed E-state index contributed by atoms with van der Waals surface area (Å²) in [5.74, 6) is 2.37. The second kappa shape index (κ2) is 7.42. The van der Waals surface area contributed by atoms with Crippen molar-refractivity contribution in [3.05, 3.63) is 11.6 Å². The first kappa shape index (κ1) is 20.9. The topological polar surface area (TPSA) is 52.6 Å². The summed E-state index contributed by atoms with van der Waals surface area (Å²) < 4.78 is 11.4. The highest BCUT2D eigenvalue weighted by Crippen LogP contribution is 2.67. The molecular weight excluding hydrogens is 364 g/mol. The first-order chi connectivity index (χ1) is 13.7. The molecule has 0 heterocycles. The average molecular weight is 403 g/mol. The quantitative estimate of drug-likeness (QED) is 0.465. The van der Waals surface area contributed by atoms with E-state index in [4.69, 9.17) is 9.47 Å². The minimum Gasteiger partial charge on any atom is -0.462 e. The van der Waals surface area contributed by atoms with E-state index in [2.05, 4.69) is 26.8 Å². The van der Waals surface area contributed by atoms with Crippen LogP contribution in [0.2, 0.25) is 0 Å². The van der Waals surface area contributed by atoms with Crippen molar-refractivity contribution < 1.29 is 19.1 Å². The molecule has 0 amide bonds. The molecule has 4 rings (SSSR count). The first-order valence-corrected chi connectivity index (χ1v) is 11.7. The van der Waals surface area contributed by atoms with Gasteiger partial charge in [0.15, 0.2) is 0 Å². The lowest BCUT2D eigenvalue weighted by molar-refractivity contribution is -0.157. The van der Waals surface area contributed by atoms with Gasteiger partial charge < -0.3 is 9.47 Å². The molecule has 0 aromatic heterocycles. The van der Waals surface area contributed by atoms with Crippen molar-refractivity contribution in [3.63, 3.8) is 0 Å². The van der Waals surface area contributed by atoms with Crippen molar-refractivity contribution in [2.24, 2.45) is 34.5 Å². The molecule has 3 unspecified atom stereocenters. The Morgan fingerprint density at radius 3 is 2.48 bits per heavy atom. The van der Waals surface area contributed by atoms with Gasteiger partial charge in [0.1, 0.15) is 12.2 Å². The molecule has 0 saturated heterocycles. The van der Waals surface area contributed by atoms with Crippen LogP contribution in [0.3, 0.4) is 0 Å². The van der Waals surface area contributed by atoms with Crippen LogP contribution >= 0.6 is 0 Å². The Morgan fingerprint density at radius 2 is 1.83 bits per heavy atom. The zero-order valence-electron chi connectivity index (χ0n) is 18.8. The van der Waals surface area contributed by atoms with E-state index >= 15 is 0 Å². The number of esters is 2. The fourth-order valence-corrected chi connectivity index (χ4v) is 8.00. The third-order valence-electron chi connectivity index (χ3n) is 9.28. The van der Waals surface area contributed by atoms with E-state index in [0.29, 0.717) is 23.7 Å². The normalized spacial score (nSPS) is 46.0. The van der Waals surface area contributed by atoms with Gasteiger partial charge >= 0.3 is 11.9 Å². The second-order valence-electron chi connectivity index (χ2n) is 10.7. The minimum atomic E-state index is -0.158. The minimum absolute atomic E-state index is 0.0560. The predicted molar refractivity (Wildman–Crippen MR) is 112 cm³/mol. The monoisotopic (exact) mass is 402 g/mol. The van der Waals surface area contributed by atoms with Gasteiger partial charge in [-0.1, -0.05) is 38.8 Å². The Labute approximate surface area is 175 Å². The molecule has 0 aliphatic heterocycles. The van der Waals surface area contributed by atoms with Crippen LogP contribution in [0, 0.1) is 34.5 Å². The third-order valence-corrected chi connectivity index (χ3v) is 9.28. The second-order valence-corrected chi connectivity index (χ2v) is 10.7. The summed E-state index contributed by atoms with van der Waals surface area (Å²) in [7, 11) is 0. The van der Waals surface area contributed by atoms with Crippen LogP contribution < -0.4 is 0 Å². The molecule has 4 nitrogen and oxygen atoms in total.